The van der Waals surface area contributed by atoms with Gasteiger partial charge in [0.15, 0.2) is 5.76 Å². The third-order valence-corrected chi connectivity index (χ3v) is 4.50. The van der Waals surface area contributed by atoms with E-state index in [1.54, 1.807) is 35.6 Å². The largest absolute Gasteiger partial charge is 0.478 e. The van der Waals surface area contributed by atoms with Crippen LogP contribution in [0.2, 0.25) is 0 Å². The van der Waals surface area contributed by atoms with Gasteiger partial charge in [0.1, 0.15) is 6.54 Å². The third-order valence-electron chi connectivity index (χ3n) is 4.50. The van der Waals surface area contributed by atoms with Crippen molar-refractivity contribution in [3.63, 3.8) is 0 Å². The van der Waals surface area contributed by atoms with Crippen molar-refractivity contribution in [3.05, 3.63) is 103 Å². The molecule has 3 N–H and O–H groups in total. The van der Waals surface area contributed by atoms with E-state index >= 15 is 0 Å². The van der Waals surface area contributed by atoms with E-state index < -0.39 is 5.97 Å². The number of nitrogens with one attached hydrogen (secondary N) is 2. The van der Waals surface area contributed by atoms with E-state index in [9.17, 15) is 9.59 Å². The maximum absolute atomic E-state index is 12.4. The number of aromatic nitrogens is 2. The summed E-state index contributed by atoms with van der Waals surface area (Å²) < 4.78 is 6.87. The quantitative estimate of drug-likeness (QED) is 0.409. The normalized spacial score (nSPS) is 10.6. The number of carbonyl (C=O) groups is 2. The average Bonchev–Trinajstić information content (AvgIpc) is 3.38. The number of aryl methyl sites for hydroxylation is 1. The smallest absolute Gasteiger partial charge is 0.337 e. The summed E-state index contributed by atoms with van der Waals surface area (Å²) in [6, 6.07) is 14.2. The molecule has 0 aliphatic carbocycles. The van der Waals surface area contributed by atoms with Crippen LogP contribution in [0, 0.1) is 13.5 Å². The molecule has 1 radical (unpaired) electrons. The molecule has 0 spiro atoms. The first-order valence-electron chi connectivity index (χ1n) is 9.42. The van der Waals surface area contributed by atoms with Crippen LogP contribution in [0.15, 0.2) is 77.8 Å². The molecular weight excluding hydrogens is 396 g/mol. The molecule has 3 heterocycles. The van der Waals surface area contributed by atoms with Crippen LogP contribution in [0.5, 0.6) is 0 Å². The molecule has 1 aromatic carbocycles. The minimum absolute atomic E-state index is 0.203. The first kappa shape index (κ1) is 20.0. The molecule has 0 aliphatic rings. The maximum Gasteiger partial charge on any atom is 0.337 e. The lowest BCUT2D eigenvalue weighted by Crippen LogP contribution is -2.12. The number of amides is 1. The summed E-state index contributed by atoms with van der Waals surface area (Å²) >= 11 is 0. The fraction of sp³-hybridized carbons (Fsp3) is 0.0435. The number of hydrogen-bond acceptors (Lipinski definition) is 5. The Morgan fingerprint density at radius 2 is 1.90 bits per heavy atom. The number of benzene rings is 1. The number of carboxylic acids is 1. The Kier molecular flexibility index (Phi) is 5.53. The number of nitrogens with zero attached hydrogens (tertiary/aromatic N) is 2. The Labute approximate surface area is 178 Å². The molecule has 155 valence electrons. The SMILES string of the molecule is Cc1ccoc1C(=O)Nc1cccc(Nc2ccnc([CH]n3ccc(C(=O)O)c3)c2)c1. The van der Waals surface area contributed by atoms with Gasteiger partial charge >= 0.3 is 5.97 Å². The molecule has 0 fully saturated rings. The van der Waals surface area contributed by atoms with E-state index in [-0.39, 0.29) is 17.2 Å². The molecule has 0 aliphatic heterocycles. The number of anilines is 3. The van der Waals surface area contributed by atoms with Gasteiger partial charge in [-0.2, -0.15) is 0 Å². The number of furan rings is 1. The van der Waals surface area contributed by atoms with Crippen LogP contribution < -0.4 is 10.6 Å². The first-order valence-corrected chi connectivity index (χ1v) is 9.42. The van der Waals surface area contributed by atoms with Gasteiger partial charge in [0, 0.05) is 41.2 Å². The highest BCUT2D eigenvalue weighted by Crippen LogP contribution is 2.22. The van der Waals surface area contributed by atoms with Gasteiger partial charge in [0.05, 0.1) is 17.5 Å². The minimum atomic E-state index is -0.982. The van der Waals surface area contributed by atoms with Gasteiger partial charge in [-0.1, -0.05) is 6.07 Å². The summed E-state index contributed by atoms with van der Waals surface area (Å²) in [5, 5.41) is 15.1. The van der Waals surface area contributed by atoms with Gasteiger partial charge < -0.3 is 24.7 Å². The molecule has 1 amide bonds. The van der Waals surface area contributed by atoms with Gasteiger partial charge in [0.25, 0.3) is 5.91 Å². The zero-order valence-corrected chi connectivity index (χ0v) is 16.6. The van der Waals surface area contributed by atoms with Crippen molar-refractivity contribution in [1.29, 1.82) is 0 Å². The highest BCUT2D eigenvalue weighted by atomic mass is 16.4. The van der Waals surface area contributed by atoms with E-state index in [2.05, 4.69) is 15.6 Å². The predicted octanol–water partition coefficient (Wildman–Crippen LogP) is 4.54. The van der Waals surface area contributed by atoms with Gasteiger partial charge in [-0.3, -0.25) is 9.78 Å². The van der Waals surface area contributed by atoms with Gasteiger partial charge in [0.2, 0.25) is 0 Å². The van der Waals surface area contributed by atoms with Crippen LogP contribution in [-0.2, 0) is 0 Å². The Bertz CT molecular complexity index is 1240. The number of pyridine rings is 1. The number of rotatable bonds is 7. The number of carbonyl (C=O) groups excluding carboxylic acids is 1. The summed E-state index contributed by atoms with van der Waals surface area (Å²) in [4.78, 5) is 27.7. The standard InChI is InChI=1S/C23H19N4O4/c1-15-7-10-31-21(15)22(28)26-18-4-2-3-17(11-18)25-19-5-8-24-20(12-19)14-27-9-6-16(13-27)23(29)30/h2-14H,1H3,(H,24,25)(H,26,28)(H,29,30). The fourth-order valence-corrected chi connectivity index (χ4v) is 3.00. The van der Waals surface area contributed by atoms with Crippen LogP contribution in [0.4, 0.5) is 17.1 Å². The molecule has 4 rings (SSSR count). The molecule has 8 nitrogen and oxygen atoms in total. The van der Waals surface area contributed by atoms with Crippen molar-refractivity contribution >= 4 is 28.9 Å². The van der Waals surface area contributed by atoms with Crippen LogP contribution >= 0.6 is 0 Å². The van der Waals surface area contributed by atoms with Crippen LogP contribution in [0.3, 0.4) is 0 Å². The molecule has 0 bridgehead atoms. The second kappa shape index (κ2) is 8.58. The van der Waals surface area contributed by atoms with Gasteiger partial charge in [-0.25, -0.2) is 4.79 Å². The fourth-order valence-electron chi connectivity index (χ4n) is 3.00. The zero-order chi connectivity index (χ0) is 21.8. The highest BCUT2D eigenvalue weighted by Gasteiger charge is 2.13. The molecule has 0 saturated heterocycles. The Morgan fingerprint density at radius 3 is 2.65 bits per heavy atom. The Hall–Kier alpha value is -4.33. The summed E-state index contributed by atoms with van der Waals surface area (Å²) in [6.07, 6.45) is 6.30. The second-order valence-electron chi connectivity index (χ2n) is 6.84. The molecule has 4 aromatic rings. The lowest BCUT2D eigenvalue weighted by Gasteiger charge is -2.10. The van der Waals surface area contributed by atoms with Crippen molar-refractivity contribution in [2.75, 3.05) is 10.6 Å². The summed E-state index contributed by atoms with van der Waals surface area (Å²) in [6.45, 7) is 3.53. The molecular formula is C23H19N4O4. The Morgan fingerprint density at radius 1 is 1.10 bits per heavy atom. The maximum atomic E-state index is 12.4. The number of carboxylic acid groups (broad SMARTS) is 1. The van der Waals surface area contributed by atoms with Crippen molar-refractivity contribution < 1.29 is 19.1 Å². The Balaban J connectivity index is 1.45. The third kappa shape index (κ3) is 4.81. The van der Waals surface area contributed by atoms with Crippen molar-refractivity contribution in [3.8, 4) is 0 Å². The molecule has 0 unspecified atom stereocenters. The summed E-state index contributed by atoms with van der Waals surface area (Å²) in [5.74, 6) is -1.01. The minimum Gasteiger partial charge on any atom is -0.478 e. The number of hydrogen-bond donors (Lipinski definition) is 3. The van der Waals surface area contributed by atoms with E-state index in [1.165, 1.54) is 18.5 Å². The van der Waals surface area contributed by atoms with Crippen molar-refractivity contribution in [1.82, 2.24) is 9.55 Å². The first-order chi connectivity index (χ1) is 15.0. The van der Waals surface area contributed by atoms with Gasteiger partial charge in [-0.15, -0.1) is 0 Å². The van der Waals surface area contributed by atoms with Gasteiger partial charge in [-0.05, 0) is 49.4 Å². The molecule has 0 saturated carbocycles. The van der Waals surface area contributed by atoms with Crippen LogP contribution in [0.25, 0.3) is 0 Å². The summed E-state index contributed by atoms with van der Waals surface area (Å²) in [7, 11) is 0. The van der Waals surface area contributed by atoms with E-state index in [1.807, 2.05) is 37.3 Å². The number of aromatic carboxylic acids is 1. The van der Waals surface area contributed by atoms with E-state index in [0.717, 1.165) is 16.9 Å². The second-order valence-corrected chi connectivity index (χ2v) is 6.84. The monoisotopic (exact) mass is 415 g/mol. The molecule has 0 atom stereocenters. The van der Waals surface area contributed by atoms with E-state index in [4.69, 9.17) is 9.52 Å². The predicted molar refractivity (Wildman–Crippen MR) is 116 cm³/mol. The average molecular weight is 415 g/mol. The summed E-state index contributed by atoms with van der Waals surface area (Å²) in [5.41, 5.74) is 3.81. The molecule has 3 aromatic heterocycles. The van der Waals surface area contributed by atoms with Crippen molar-refractivity contribution in [2.45, 2.75) is 6.92 Å². The van der Waals surface area contributed by atoms with Crippen molar-refractivity contribution in [2.24, 2.45) is 0 Å². The van der Waals surface area contributed by atoms with Crippen LogP contribution in [0.1, 0.15) is 32.2 Å². The lowest BCUT2D eigenvalue weighted by atomic mass is 10.2. The molecule has 31 heavy (non-hydrogen) atoms. The lowest BCUT2D eigenvalue weighted by molar-refractivity contribution is 0.0696. The zero-order valence-electron chi connectivity index (χ0n) is 16.6. The van der Waals surface area contributed by atoms with E-state index in [0.29, 0.717) is 11.4 Å². The topological polar surface area (TPSA) is 109 Å². The molecule has 8 heteroatoms. The highest BCUT2D eigenvalue weighted by molar-refractivity contribution is 6.03. The van der Waals surface area contributed by atoms with Crippen LogP contribution in [-0.4, -0.2) is 26.5 Å².